The van der Waals surface area contributed by atoms with Crippen molar-refractivity contribution in [3.8, 4) is 0 Å². The van der Waals surface area contributed by atoms with E-state index in [4.69, 9.17) is 4.74 Å². The van der Waals surface area contributed by atoms with Crippen molar-refractivity contribution >= 4 is 5.91 Å². The van der Waals surface area contributed by atoms with Crippen LogP contribution in [-0.2, 0) is 10.4 Å². The SMILES string of the molecule is O=C(c1cccc(C2(F)CNC2)c1)N1CCOC2(CCCCC2)C1. The standard InChI is InChI=1S/C19H25FN2O2/c20-19(12-21-13-19)16-6-4-5-15(11-16)17(23)22-9-10-24-18(14-22)7-2-1-3-8-18/h4-6,11,21H,1-3,7-10,12-14H2. The van der Waals surface area contributed by atoms with E-state index in [-0.39, 0.29) is 11.5 Å². The van der Waals surface area contributed by atoms with E-state index in [0.29, 0.717) is 43.9 Å². The third-order valence-electron chi connectivity index (χ3n) is 5.74. The molecule has 1 aromatic rings. The molecule has 0 aromatic heterocycles. The number of carbonyl (C=O) groups is 1. The first-order valence-corrected chi connectivity index (χ1v) is 9.04. The first-order valence-electron chi connectivity index (χ1n) is 9.04. The highest BCUT2D eigenvalue weighted by Gasteiger charge is 2.41. The molecule has 0 radical (unpaired) electrons. The molecule has 24 heavy (non-hydrogen) atoms. The molecule has 0 unspecified atom stereocenters. The maximum Gasteiger partial charge on any atom is 0.254 e. The van der Waals surface area contributed by atoms with Crippen LogP contribution in [0.2, 0.25) is 0 Å². The van der Waals surface area contributed by atoms with Crippen molar-refractivity contribution in [3.63, 3.8) is 0 Å². The van der Waals surface area contributed by atoms with Gasteiger partial charge in [0, 0.05) is 25.2 Å². The third-order valence-corrected chi connectivity index (χ3v) is 5.74. The first kappa shape index (κ1) is 16.0. The quantitative estimate of drug-likeness (QED) is 0.905. The Morgan fingerprint density at radius 2 is 2.00 bits per heavy atom. The second-order valence-corrected chi connectivity index (χ2v) is 7.47. The second kappa shape index (κ2) is 6.12. The normalized spacial score (nSPS) is 25.3. The van der Waals surface area contributed by atoms with E-state index in [1.54, 1.807) is 24.3 Å². The number of carbonyl (C=O) groups excluding carboxylic acids is 1. The molecule has 4 rings (SSSR count). The molecule has 1 aliphatic carbocycles. The van der Waals surface area contributed by atoms with Gasteiger partial charge in [0.2, 0.25) is 0 Å². The average Bonchev–Trinajstić information content (AvgIpc) is 2.60. The van der Waals surface area contributed by atoms with Crippen LogP contribution in [0.1, 0.15) is 48.0 Å². The molecule has 4 nitrogen and oxygen atoms in total. The number of rotatable bonds is 2. The van der Waals surface area contributed by atoms with Crippen LogP contribution in [0.25, 0.3) is 0 Å². The molecule has 130 valence electrons. The molecule has 2 heterocycles. The van der Waals surface area contributed by atoms with Crippen LogP contribution in [0, 0.1) is 0 Å². The molecule has 3 fully saturated rings. The number of alkyl halides is 1. The predicted molar refractivity (Wildman–Crippen MR) is 89.8 cm³/mol. The Morgan fingerprint density at radius 1 is 1.21 bits per heavy atom. The lowest BCUT2D eigenvalue weighted by molar-refractivity contribution is -0.117. The molecule has 1 spiro atoms. The van der Waals surface area contributed by atoms with Gasteiger partial charge in [0.15, 0.2) is 5.67 Å². The zero-order chi connectivity index (χ0) is 16.6. The van der Waals surface area contributed by atoms with Crippen LogP contribution in [-0.4, -0.2) is 49.2 Å². The monoisotopic (exact) mass is 332 g/mol. The van der Waals surface area contributed by atoms with E-state index in [9.17, 15) is 9.18 Å². The summed E-state index contributed by atoms with van der Waals surface area (Å²) in [5, 5.41) is 2.96. The molecule has 2 saturated heterocycles. The van der Waals surface area contributed by atoms with Crippen molar-refractivity contribution in [3.05, 3.63) is 35.4 Å². The maximum absolute atomic E-state index is 14.6. The van der Waals surface area contributed by atoms with Gasteiger partial charge < -0.3 is 15.0 Å². The summed E-state index contributed by atoms with van der Waals surface area (Å²) in [6.07, 6.45) is 5.68. The van der Waals surface area contributed by atoms with Gasteiger partial charge in [0.05, 0.1) is 18.8 Å². The number of nitrogens with one attached hydrogen (secondary N) is 1. The lowest BCUT2D eigenvalue weighted by Crippen LogP contribution is -2.55. The minimum Gasteiger partial charge on any atom is -0.371 e. The summed E-state index contributed by atoms with van der Waals surface area (Å²) in [7, 11) is 0. The second-order valence-electron chi connectivity index (χ2n) is 7.47. The Balaban J connectivity index is 1.52. The number of hydrogen-bond donors (Lipinski definition) is 1. The van der Waals surface area contributed by atoms with Crippen molar-refractivity contribution < 1.29 is 13.9 Å². The fourth-order valence-corrected chi connectivity index (χ4v) is 4.18. The van der Waals surface area contributed by atoms with Crippen molar-refractivity contribution in [1.29, 1.82) is 0 Å². The first-order chi connectivity index (χ1) is 11.6. The Hall–Kier alpha value is -1.46. The van der Waals surface area contributed by atoms with Crippen molar-refractivity contribution in [2.24, 2.45) is 0 Å². The summed E-state index contributed by atoms with van der Waals surface area (Å²) in [6, 6.07) is 7.09. The van der Waals surface area contributed by atoms with Crippen molar-refractivity contribution in [2.45, 2.75) is 43.4 Å². The van der Waals surface area contributed by atoms with E-state index in [1.165, 1.54) is 19.3 Å². The number of hydrogen-bond acceptors (Lipinski definition) is 3. The summed E-state index contributed by atoms with van der Waals surface area (Å²) in [6.45, 7) is 2.53. The zero-order valence-electron chi connectivity index (χ0n) is 14.0. The van der Waals surface area contributed by atoms with Gasteiger partial charge in [-0.3, -0.25) is 4.79 Å². The van der Waals surface area contributed by atoms with Crippen LogP contribution in [0.15, 0.2) is 24.3 Å². The predicted octanol–water partition coefficient (Wildman–Crippen LogP) is 2.63. The van der Waals surface area contributed by atoms with Crippen molar-refractivity contribution in [1.82, 2.24) is 10.2 Å². The van der Waals surface area contributed by atoms with Crippen molar-refractivity contribution in [2.75, 3.05) is 32.8 Å². The molecular weight excluding hydrogens is 307 g/mol. The fraction of sp³-hybridized carbons (Fsp3) is 0.632. The van der Waals surface area contributed by atoms with Gasteiger partial charge in [0.1, 0.15) is 0 Å². The van der Waals surface area contributed by atoms with Gasteiger partial charge in [-0.15, -0.1) is 0 Å². The minimum absolute atomic E-state index is 0.000908. The van der Waals surface area contributed by atoms with Gasteiger partial charge in [0.25, 0.3) is 5.91 Å². The fourth-order valence-electron chi connectivity index (χ4n) is 4.18. The molecule has 5 heteroatoms. The summed E-state index contributed by atoms with van der Waals surface area (Å²) in [4.78, 5) is 14.8. The molecular formula is C19H25FN2O2. The maximum atomic E-state index is 14.6. The largest absolute Gasteiger partial charge is 0.371 e. The lowest BCUT2D eigenvalue weighted by atomic mass is 9.83. The number of halogens is 1. The highest BCUT2D eigenvalue weighted by Crippen LogP contribution is 2.35. The lowest BCUT2D eigenvalue weighted by Gasteiger charge is -2.45. The minimum atomic E-state index is -1.33. The smallest absolute Gasteiger partial charge is 0.254 e. The molecule has 0 bridgehead atoms. The van der Waals surface area contributed by atoms with Gasteiger partial charge in [-0.05, 0) is 30.5 Å². The Morgan fingerprint density at radius 3 is 2.71 bits per heavy atom. The van der Waals surface area contributed by atoms with Gasteiger partial charge >= 0.3 is 0 Å². The Labute approximate surface area is 142 Å². The summed E-state index contributed by atoms with van der Waals surface area (Å²) >= 11 is 0. The topological polar surface area (TPSA) is 41.6 Å². The summed E-state index contributed by atoms with van der Waals surface area (Å²) in [5.74, 6) is 0.000908. The Bertz CT molecular complexity index is 618. The van der Waals surface area contributed by atoms with E-state index in [1.807, 2.05) is 4.90 Å². The van der Waals surface area contributed by atoms with E-state index in [0.717, 1.165) is 12.8 Å². The number of morpholine rings is 1. The zero-order valence-corrected chi connectivity index (χ0v) is 14.0. The highest BCUT2D eigenvalue weighted by atomic mass is 19.1. The molecule has 1 amide bonds. The molecule has 1 aromatic carbocycles. The number of ether oxygens (including phenoxy) is 1. The Kier molecular flexibility index (Phi) is 4.09. The molecule has 0 atom stereocenters. The molecule has 1 saturated carbocycles. The van der Waals surface area contributed by atoms with E-state index >= 15 is 0 Å². The number of amides is 1. The summed E-state index contributed by atoms with van der Waals surface area (Å²) < 4.78 is 20.7. The summed E-state index contributed by atoms with van der Waals surface area (Å²) in [5.41, 5.74) is -0.286. The van der Waals surface area contributed by atoms with Crippen LogP contribution in [0.4, 0.5) is 4.39 Å². The molecule has 1 N–H and O–H groups in total. The van der Waals surface area contributed by atoms with E-state index in [2.05, 4.69) is 5.32 Å². The molecule has 2 aliphatic heterocycles. The van der Waals surface area contributed by atoms with E-state index < -0.39 is 5.67 Å². The van der Waals surface area contributed by atoms with Crippen LogP contribution < -0.4 is 5.32 Å². The van der Waals surface area contributed by atoms with Crippen LogP contribution >= 0.6 is 0 Å². The van der Waals surface area contributed by atoms with Crippen LogP contribution in [0.3, 0.4) is 0 Å². The number of nitrogens with zero attached hydrogens (tertiary/aromatic N) is 1. The average molecular weight is 332 g/mol. The van der Waals surface area contributed by atoms with Gasteiger partial charge in [-0.1, -0.05) is 31.4 Å². The highest BCUT2D eigenvalue weighted by molar-refractivity contribution is 5.94. The molecule has 3 aliphatic rings. The van der Waals surface area contributed by atoms with Crippen LogP contribution in [0.5, 0.6) is 0 Å². The van der Waals surface area contributed by atoms with Gasteiger partial charge in [-0.25, -0.2) is 4.39 Å². The van der Waals surface area contributed by atoms with Gasteiger partial charge in [-0.2, -0.15) is 0 Å². The number of benzene rings is 1. The third kappa shape index (κ3) is 2.84.